The predicted octanol–water partition coefficient (Wildman–Crippen LogP) is 2.39. The molecule has 0 aromatic heterocycles. The summed E-state index contributed by atoms with van der Waals surface area (Å²) < 4.78 is 15.5. The van der Waals surface area contributed by atoms with Crippen molar-refractivity contribution in [2.75, 3.05) is 25.6 Å². The van der Waals surface area contributed by atoms with Gasteiger partial charge in [-0.05, 0) is 50.2 Å². The molecule has 2 amide bonds. The molecule has 2 rings (SSSR count). The molecule has 2 aromatic rings. The first-order valence-electron chi connectivity index (χ1n) is 9.09. The van der Waals surface area contributed by atoms with Gasteiger partial charge in [0.1, 0.15) is 18.0 Å². The molecule has 29 heavy (non-hydrogen) atoms. The van der Waals surface area contributed by atoms with Crippen LogP contribution >= 0.6 is 0 Å². The summed E-state index contributed by atoms with van der Waals surface area (Å²) in [6.45, 7) is 3.47. The minimum Gasteiger partial charge on any atom is -0.495 e. The number of anilines is 1. The molecular weight excluding hydrogens is 376 g/mol. The van der Waals surface area contributed by atoms with E-state index in [4.69, 9.17) is 14.2 Å². The van der Waals surface area contributed by atoms with E-state index in [1.807, 2.05) is 6.92 Å². The van der Waals surface area contributed by atoms with Gasteiger partial charge in [0.2, 0.25) is 0 Å². The van der Waals surface area contributed by atoms with Crippen LogP contribution in [-0.2, 0) is 14.3 Å². The van der Waals surface area contributed by atoms with Crippen molar-refractivity contribution in [1.82, 2.24) is 5.32 Å². The SMILES string of the molecule is CCOc1ccc(C(=O)NCC(=O)O[C@@H](C)C(=O)Nc2ccccc2OC)cc1. The summed E-state index contributed by atoms with van der Waals surface area (Å²) in [4.78, 5) is 36.3. The number of carbonyl (C=O) groups is 3. The molecule has 2 N–H and O–H groups in total. The Bertz CT molecular complexity index is 851. The fourth-order valence-electron chi connectivity index (χ4n) is 2.40. The third-order valence-corrected chi connectivity index (χ3v) is 3.86. The van der Waals surface area contributed by atoms with Gasteiger partial charge >= 0.3 is 5.97 Å². The number of nitrogens with one attached hydrogen (secondary N) is 2. The number of methoxy groups -OCH3 is 1. The van der Waals surface area contributed by atoms with E-state index in [2.05, 4.69) is 10.6 Å². The summed E-state index contributed by atoms with van der Waals surface area (Å²) >= 11 is 0. The van der Waals surface area contributed by atoms with E-state index in [9.17, 15) is 14.4 Å². The summed E-state index contributed by atoms with van der Waals surface area (Å²) in [6.07, 6.45) is -1.05. The van der Waals surface area contributed by atoms with Crippen molar-refractivity contribution in [3.05, 3.63) is 54.1 Å². The Morgan fingerprint density at radius 1 is 1.03 bits per heavy atom. The zero-order valence-electron chi connectivity index (χ0n) is 16.6. The molecule has 0 aliphatic heterocycles. The van der Waals surface area contributed by atoms with E-state index in [0.717, 1.165) is 0 Å². The number of hydrogen-bond donors (Lipinski definition) is 2. The Balaban J connectivity index is 1.81. The standard InChI is InChI=1S/C21H24N2O6/c1-4-28-16-11-9-15(10-12-16)21(26)22-13-19(24)29-14(2)20(25)23-17-7-5-6-8-18(17)27-3/h5-12,14H,4,13H2,1-3H3,(H,22,26)(H,23,25)/t14-/m0/s1. The first-order valence-corrected chi connectivity index (χ1v) is 9.09. The van der Waals surface area contributed by atoms with Crippen LogP contribution < -0.4 is 20.1 Å². The van der Waals surface area contributed by atoms with Crippen LogP contribution in [0.3, 0.4) is 0 Å². The molecule has 1 atom stereocenters. The first kappa shape index (κ1) is 21.7. The maximum Gasteiger partial charge on any atom is 0.326 e. The largest absolute Gasteiger partial charge is 0.495 e. The van der Waals surface area contributed by atoms with E-state index >= 15 is 0 Å². The second-order valence-corrected chi connectivity index (χ2v) is 5.96. The Morgan fingerprint density at radius 2 is 1.72 bits per heavy atom. The van der Waals surface area contributed by atoms with Crippen LogP contribution in [0.1, 0.15) is 24.2 Å². The molecule has 0 bridgehead atoms. The Hall–Kier alpha value is -3.55. The van der Waals surface area contributed by atoms with E-state index in [1.54, 1.807) is 48.5 Å². The minimum absolute atomic E-state index is 0.363. The molecule has 0 radical (unpaired) electrons. The number of esters is 1. The van der Waals surface area contributed by atoms with Crippen LogP contribution in [0.15, 0.2) is 48.5 Å². The van der Waals surface area contributed by atoms with Crippen molar-refractivity contribution in [3.63, 3.8) is 0 Å². The van der Waals surface area contributed by atoms with Crippen LogP contribution in [0.4, 0.5) is 5.69 Å². The van der Waals surface area contributed by atoms with Gasteiger partial charge < -0.3 is 24.8 Å². The lowest BCUT2D eigenvalue weighted by Crippen LogP contribution is -2.35. The number of amides is 2. The van der Waals surface area contributed by atoms with Gasteiger partial charge in [-0.3, -0.25) is 14.4 Å². The van der Waals surface area contributed by atoms with Crippen LogP contribution in [0.25, 0.3) is 0 Å². The average Bonchev–Trinajstić information content (AvgIpc) is 2.73. The third kappa shape index (κ3) is 6.53. The summed E-state index contributed by atoms with van der Waals surface area (Å²) in [5.74, 6) is -0.538. The van der Waals surface area contributed by atoms with E-state index in [0.29, 0.717) is 29.4 Å². The first-order chi connectivity index (χ1) is 13.9. The maximum absolute atomic E-state index is 12.2. The third-order valence-electron chi connectivity index (χ3n) is 3.86. The van der Waals surface area contributed by atoms with Crippen molar-refractivity contribution in [1.29, 1.82) is 0 Å². The second-order valence-electron chi connectivity index (χ2n) is 5.96. The predicted molar refractivity (Wildman–Crippen MR) is 107 cm³/mol. The van der Waals surface area contributed by atoms with Crippen molar-refractivity contribution in [2.45, 2.75) is 20.0 Å². The molecule has 0 fully saturated rings. The Kier molecular flexibility index (Phi) is 8.02. The number of benzene rings is 2. The van der Waals surface area contributed by atoms with Gasteiger partial charge in [0.25, 0.3) is 11.8 Å². The molecule has 8 nitrogen and oxygen atoms in total. The zero-order chi connectivity index (χ0) is 21.2. The molecule has 8 heteroatoms. The normalized spacial score (nSPS) is 11.1. The van der Waals surface area contributed by atoms with Gasteiger partial charge in [0.15, 0.2) is 6.10 Å². The summed E-state index contributed by atoms with van der Waals surface area (Å²) in [5, 5.41) is 5.09. The number of para-hydroxylation sites is 2. The van der Waals surface area contributed by atoms with Gasteiger partial charge in [-0.25, -0.2) is 0 Å². The maximum atomic E-state index is 12.2. The highest BCUT2D eigenvalue weighted by atomic mass is 16.5. The van der Waals surface area contributed by atoms with Crippen LogP contribution in [0, 0.1) is 0 Å². The summed E-state index contributed by atoms with van der Waals surface area (Å²) in [7, 11) is 1.49. The highest BCUT2D eigenvalue weighted by Crippen LogP contribution is 2.23. The monoisotopic (exact) mass is 400 g/mol. The molecule has 0 aliphatic carbocycles. The highest BCUT2D eigenvalue weighted by Gasteiger charge is 2.19. The Morgan fingerprint density at radius 3 is 2.38 bits per heavy atom. The van der Waals surface area contributed by atoms with Gasteiger partial charge in [-0.1, -0.05) is 12.1 Å². The smallest absolute Gasteiger partial charge is 0.326 e. The molecular formula is C21H24N2O6. The lowest BCUT2D eigenvalue weighted by molar-refractivity contribution is -0.152. The lowest BCUT2D eigenvalue weighted by atomic mass is 10.2. The van der Waals surface area contributed by atoms with Crippen molar-refractivity contribution in [2.24, 2.45) is 0 Å². The average molecular weight is 400 g/mol. The van der Waals surface area contributed by atoms with Crippen LogP contribution in [0.5, 0.6) is 11.5 Å². The topological polar surface area (TPSA) is 103 Å². The summed E-state index contributed by atoms with van der Waals surface area (Å²) in [5.41, 5.74) is 0.843. The number of hydrogen-bond acceptors (Lipinski definition) is 6. The minimum atomic E-state index is -1.05. The molecule has 154 valence electrons. The van der Waals surface area contributed by atoms with E-state index < -0.39 is 23.9 Å². The zero-order valence-corrected chi connectivity index (χ0v) is 16.6. The van der Waals surface area contributed by atoms with E-state index in [-0.39, 0.29) is 6.54 Å². The summed E-state index contributed by atoms with van der Waals surface area (Å²) in [6, 6.07) is 13.4. The van der Waals surface area contributed by atoms with Gasteiger partial charge in [-0.15, -0.1) is 0 Å². The number of carbonyl (C=O) groups excluding carboxylic acids is 3. The highest BCUT2D eigenvalue weighted by molar-refractivity contribution is 5.98. The van der Waals surface area contributed by atoms with E-state index in [1.165, 1.54) is 14.0 Å². The van der Waals surface area contributed by atoms with Crippen molar-refractivity contribution in [3.8, 4) is 11.5 Å². The van der Waals surface area contributed by atoms with Crippen LogP contribution in [0.2, 0.25) is 0 Å². The van der Waals surface area contributed by atoms with Crippen molar-refractivity contribution < 1.29 is 28.6 Å². The molecule has 2 aromatic carbocycles. The fraction of sp³-hybridized carbons (Fsp3) is 0.286. The molecule has 0 unspecified atom stereocenters. The molecule has 0 saturated heterocycles. The number of rotatable bonds is 9. The Labute approximate surface area is 169 Å². The molecule has 0 saturated carbocycles. The lowest BCUT2D eigenvalue weighted by Gasteiger charge is -2.15. The molecule has 0 aliphatic rings. The number of ether oxygens (including phenoxy) is 3. The van der Waals surface area contributed by atoms with Gasteiger partial charge in [0, 0.05) is 5.56 Å². The second kappa shape index (κ2) is 10.7. The fourth-order valence-corrected chi connectivity index (χ4v) is 2.40. The van der Waals surface area contributed by atoms with Crippen LogP contribution in [-0.4, -0.2) is 44.1 Å². The quantitative estimate of drug-likeness (QED) is 0.627. The van der Waals surface area contributed by atoms with Gasteiger partial charge in [-0.2, -0.15) is 0 Å². The van der Waals surface area contributed by atoms with Gasteiger partial charge in [0.05, 0.1) is 19.4 Å². The van der Waals surface area contributed by atoms with Crippen molar-refractivity contribution >= 4 is 23.5 Å². The molecule has 0 heterocycles. The molecule has 0 spiro atoms.